The molecule has 1 aromatic rings. The molecule has 1 heterocycles. The minimum Gasteiger partial charge on any atom is -0.375 e. The maximum absolute atomic E-state index is 5.25. The van der Waals surface area contributed by atoms with Gasteiger partial charge < -0.3 is 5.73 Å². The fraction of sp³-hybridized carbons (Fsp3) is 0.250. The zero-order valence-corrected chi connectivity index (χ0v) is 9.13. The van der Waals surface area contributed by atoms with Crippen LogP contribution in [0.4, 0.5) is 0 Å². The van der Waals surface area contributed by atoms with Gasteiger partial charge in [0.05, 0.1) is 10.6 Å². The summed E-state index contributed by atoms with van der Waals surface area (Å²) in [6, 6.07) is 2.06. The van der Waals surface area contributed by atoms with Crippen LogP contribution in [-0.2, 0) is 0 Å². The second kappa shape index (κ2) is 4.34. The van der Waals surface area contributed by atoms with Gasteiger partial charge in [-0.25, -0.2) is 0 Å². The average Bonchev–Trinajstić information content (AvgIpc) is 2.47. The smallest absolute Gasteiger partial charge is 0.184 e. The zero-order valence-electron chi connectivity index (χ0n) is 7.50. The van der Waals surface area contributed by atoms with Crippen LogP contribution >= 0.6 is 23.6 Å². The number of thiocarbonyl (C=S) groups is 1. The molecular formula is C8H11N3S2. The van der Waals surface area contributed by atoms with Gasteiger partial charge in [-0.3, -0.25) is 5.43 Å². The van der Waals surface area contributed by atoms with Crippen LogP contribution in [0.25, 0.3) is 0 Å². The van der Waals surface area contributed by atoms with Crippen molar-refractivity contribution < 1.29 is 0 Å². The first-order chi connectivity index (χ1) is 6.11. The van der Waals surface area contributed by atoms with Crippen molar-refractivity contribution in [3.8, 4) is 0 Å². The lowest BCUT2D eigenvalue weighted by atomic mass is 10.2. The third kappa shape index (κ3) is 2.78. The SMILES string of the molecule is C/C(=N\NC(N)=S)c1sccc1C. The number of nitrogens with two attached hydrogens (primary N) is 1. The largest absolute Gasteiger partial charge is 0.375 e. The molecule has 3 N–H and O–H groups in total. The molecule has 0 bridgehead atoms. The monoisotopic (exact) mass is 213 g/mol. The van der Waals surface area contributed by atoms with E-state index in [0.717, 1.165) is 10.6 Å². The number of nitrogens with zero attached hydrogens (tertiary/aromatic N) is 1. The Morgan fingerprint density at radius 1 is 1.69 bits per heavy atom. The maximum Gasteiger partial charge on any atom is 0.184 e. The summed E-state index contributed by atoms with van der Waals surface area (Å²) in [7, 11) is 0. The summed E-state index contributed by atoms with van der Waals surface area (Å²) in [6.45, 7) is 3.97. The summed E-state index contributed by atoms with van der Waals surface area (Å²) < 4.78 is 0. The van der Waals surface area contributed by atoms with Crippen LogP contribution in [0.1, 0.15) is 17.4 Å². The number of hydrogen-bond donors (Lipinski definition) is 2. The van der Waals surface area contributed by atoms with Gasteiger partial charge in [0.1, 0.15) is 0 Å². The normalized spacial score (nSPS) is 11.4. The van der Waals surface area contributed by atoms with Crippen molar-refractivity contribution in [2.24, 2.45) is 10.8 Å². The molecule has 0 aromatic carbocycles. The van der Waals surface area contributed by atoms with E-state index in [0.29, 0.717) is 0 Å². The van der Waals surface area contributed by atoms with E-state index in [-0.39, 0.29) is 5.11 Å². The molecule has 5 heteroatoms. The molecule has 0 saturated heterocycles. The second-order valence-corrected chi connectivity index (χ2v) is 3.96. The molecule has 0 amide bonds. The fourth-order valence-electron chi connectivity index (χ4n) is 0.933. The summed E-state index contributed by atoms with van der Waals surface area (Å²) in [5, 5.41) is 6.26. The third-order valence-electron chi connectivity index (χ3n) is 1.52. The fourth-order valence-corrected chi connectivity index (χ4v) is 1.86. The lowest BCUT2D eigenvalue weighted by molar-refractivity contribution is 1.03. The lowest BCUT2D eigenvalue weighted by Crippen LogP contribution is -2.25. The minimum absolute atomic E-state index is 0.188. The number of aryl methyl sites for hydroxylation is 1. The van der Waals surface area contributed by atoms with Gasteiger partial charge in [-0.15, -0.1) is 11.3 Å². The Hall–Kier alpha value is -0.940. The number of thiophene rings is 1. The highest BCUT2D eigenvalue weighted by Gasteiger charge is 2.02. The Bertz CT molecular complexity index is 341. The number of hydrazone groups is 1. The van der Waals surface area contributed by atoms with Crippen LogP contribution in [0, 0.1) is 6.92 Å². The van der Waals surface area contributed by atoms with Crippen molar-refractivity contribution in [1.82, 2.24) is 5.43 Å². The zero-order chi connectivity index (χ0) is 9.84. The van der Waals surface area contributed by atoms with Gasteiger partial charge in [0.2, 0.25) is 0 Å². The van der Waals surface area contributed by atoms with Crippen molar-refractivity contribution in [3.63, 3.8) is 0 Å². The molecule has 1 rings (SSSR count). The molecule has 0 aliphatic carbocycles. The van der Waals surface area contributed by atoms with Crippen molar-refractivity contribution in [3.05, 3.63) is 21.9 Å². The average molecular weight is 213 g/mol. The van der Waals surface area contributed by atoms with Gasteiger partial charge in [0.15, 0.2) is 5.11 Å². The van der Waals surface area contributed by atoms with E-state index in [2.05, 4.69) is 28.8 Å². The van der Waals surface area contributed by atoms with Crippen molar-refractivity contribution in [2.45, 2.75) is 13.8 Å². The predicted octanol–water partition coefficient (Wildman–Crippen LogP) is 1.61. The highest BCUT2D eigenvalue weighted by atomic mass is 32.1. The molecule has 0 aliphatic rings. The Morgan fingerprint density at radius 2 is 2.38 bits per heavy atom. The molecule has 0 unspecified atom stereocenters. The molecular weight excluding hydrogens is 202 g/mol. The van der Waals surface area contributed by atoms with Gasteiger partial charge >= 0.3 is 0 Å². The van der Waals surface area contributed by atoms with E-state index < -0.39 is 0 Å². The quantitative estimate of drug-likeness (QED) is 0.446. The number of rotatable bonds is 2. The highest BCUT2D eigenvalue weighted by molar-refractivity contribution is 7.80. The van der Waals surface area contributed by atoms with E-state index in [9.17, 15) is 0 Å². The predicted molar refractivity (Wildman–Crippen MR) is 61.2 cm³/mol. The Balaban J connectivity index is 2.78. The molecule has 70 valence electrons. The highest BCUT2D eigenvalue weighted by Crippen LogP contribution is 2.15. The Kier molecular flexibility index (Phi) is 3.39. The molecule has 1 aromatic heterocycles. The van der Waals surface area contributed by atoms with Gasteiger partial charge in [0, 0.05) is 0 Å². The molecule has 0 spiro atoms. The third-order valence-corrected chi connectivity index (χ3v) is 2.74. The second-order valence-electron chi connectivity index (χ2n) is 2.61. The van der Waals surface area contributed by atoms with Crippen LogP contribution in [0.5, 0.6) is 0 Å². The molecule has 0 atom stereocenters. The molecule has 0 aliphatic heterocycles. The maximum atomic E-state index is 5.25. The van der Waals surface area contributed by atoms with Gasteiger partial charge in [-0.1, -0.05) is 0 Å². The minimum atomic E-state index is 0.188. The van der Waals surface area contributed by atoms with Crippen LogP contribution in [-0.4, -0.2) is 10.8 Å². The Morgan fingerprint density at radius 3 is 2.85 bits per heavy atom. The first-order valence-corrected chi connectivity index (χ1v) is 5.04. The molecule has 3 nitrogen and oxygen atoms in total. The summed E-state index contributed by atoms with van der Waals surface area (Å²) in [6.07, 6.45) is 0. The van der Waals surface area contributed by atoms with E-state index >= 15 is 0 Å². The topological polar surface area (TPSA) is 50.4 Å². The molecule has 0 saturated carbocycles. The first-order valence-electron chi connectivity index (χ1n) is 3.75. The van der Waals surface area contributed by atoms with Crippen molar-refractivity contribution >= 4 is 34.4 Å². The van der Waals surface area contributed by atoms with Gasteiger partial charge in [-0.05, 0) is 43.1 Å². The van der Waals surface area contributed by atoms with E-state index in [4.69, 9.17) is 5.73 Å². The van der Waals surface area contributed by atoms with Gasteiger partial charge in [0.25, 0.3) is 0 Å². The molecule has 0 fully saturated rings. The lowest BCUT2D eigenvalue weighted by Gasteiger charge is -1.99. The van der Waals surface area contributed by atoms with Crippen LogP contribution in [0.2, 0.25) is 0 Å². The van der Waals surface area contributed by atoms with Crippen LogP contribution < -0.4 is 11.2 Å². The Labute approximate surface area is 86.6 Å². The van der Waals surface area contributed by atoms with Crippen molar-refractivity contribution in [2.75, 3.05) is 0 Å². The summed E-state index contributed by atoms with van der Waals surface area (Å²) in [4.78, 5) is 1.16. The van der Waals surface area contributed by atoms with Gasteiger partial charge in [-0.2, -0.15) is 5.10 Å². The molecule has 13 heavy (non-hydrogen) atoms. The van der Waals surface area contributed by atoms with Crippen molar-refractivity contribution in [1.29, 1.82) is 0 Å². The van der Waals surface area contributed by atoms with E-state index in [1.54, 1.807) is 11.3 Å². The summed E-state index contributed by atoms with van der Waals surface area (Å²) in [5.41, 5.74) is 9.94. The standard InChI is InChI=1S/C8H11N3S2/c1-5-3-4-13-7(5)6(2)10-11-8(9)12/h3-4H,1-2H3,(H3,9,11,12)/b10-6+. The summed E-state index contributed by atoms with van der Waals surface area (Å²) in [5.74, 6) is 0. The molecule has 0 radical (unpaired) electrons. The van der Waals surface area contributed by atoms with Crippen LogP contribution in [0.3, 0.4) is 0 Å². The van der Waals surface area contributed by atoms with E-state index in [1.807, 2.05) is 19.2 Å². The van der Waals surface area contributed by atoms with E-state index in [1.165, 1.54) is 5.56 Å². The first kappa shape index (κ1) is 10.1. The number of hydrogen-bond acceptors (Lipinski definition) is 3. The van der Waals surface area contributed by atoms with Crippen LogP contribution in [0.15, 0.2) is 16.5 Å². The summed E-state index contributed by atoms with van der Waals surface area (Å²) >= 11 is 6.29. The number of nitrogens with one attached hydrogen (secondary N) is 1.